The number of hydrogen-bond donors (Lipinski definition) is 3. The summed E-state index contributed by atoms with van der Waals surface area (Å²) < 4.78 is 20.7. The fourth-order valence-corrected chi connectivity index (χ4v) is 3.42. The minimum absolute atomic E-state index is 0. The van der Waals surface area contributed by atoms with Crippen molar-refractivity contribution in [3.8, 4) is 0 Å². The summed E-state index contributed by atoms with van der Waals surface area (Å²) in [4.78, 5) is 47.0. The molecule has 28 heavy (non-hydrogen) atoms. The van der Waals surface area contributed by atoms with Crippen molar-refractivity contribution in [2.75, 3.05) is 6.61 Å². The number of hydrogen-bond acceptors (Lipinski definition) is 11. The summed E-state index contributed by atoms with van der Waals surface area (Å²) in [6.45, 7) is 3.68. The first kappa shape index (κ1) is 26.3. The molecule has 11 nitrogen and oxygen atoms in total. The molecule has 0 saturated carbocycles. The first-order chi connectivity index (χ1) is 12.4. The summed E-state index contributed by atoms with van der Waals surface area (Å²) in [6, 6.07) is 0. The Morgan fingerprint density at radius 2 is 1.71 bits per heavy atom. The quantitative estimate of drug-likeness (QED) is 0.193. The zero-order valence-corrected chi connectivity index (χ0v) is 18.2. The maximum absolute atomic E-state index is 12.5. The van der Waals surface area contributed by atoms with Crippen molar-refractivity contribution in [1.29, 1.82) is 5.41 Å². The van der Waals surface area contributed by atoms with Gasteiger partial charge in [-0.05, 0) is 6.92 Å². The molecule has 0 aromatic heterocycles. The number of Topliss-reactive ketones (excluding diaryl/α,β-unsaturated/α-hetero) is 1. The lowest BCUT2D eigenvalue weighted by molar-refractivity contribution is -0.263. The second kappa shape index (κ2) is 10.7. The highest BCUT2D eigenvalue weighted by Crippen LogP contribution is 2.40. The maximum Gasteiger partial charge on any atom is 0.303 e. The zero-order valence-electron chi connectivity index (χ0n) is 15.6. The van der Waals surface area contributed by atoms with Gasteiger partial charge in [0, 0.05) is 20.8 Å². The number of esters is 3. The molecular formula is C15H23BrN2O9S. The fourth-order valence-electron chi connectivity index (χ4n) is 2.70. The van der Waals surface area contributed by atoms with Gasteiger partial charge in [-0.15, -0.1) is 17.0 Å². The molecule has 0 unspecified atom stereocenters. The van der Waals surface area contributed by atoms with Gasteiger partial charge in [-0.1, -0.05) is 11.8 Å². The lowest BCUT2D eigenvalue weighted by Crippen LogP contribution is -2.72. The number of thioether (sulfide) groups is 1. The standard InChI is InChI=1S/C15H22N2O9S.BrH/c1-6(18)15(26-9(4)21)10(5-23-7(2)19)25-13(27-14(16)17)11(22)12(15)24-8(3)20;/h10-13,22H,5H2,1-4H3,(H3,16,17);1H/t10-,11+,12-,13+,15-;/m1./s1. The molecule has 0 aromatic carbocycles. The summed E-state index contributed by atoms with van der Waals surface area (Å²) in [5, 5.41) is 17.5. The van der Waals surface area contributed by atoms with E-state index in [1.54, 1.807) is 0 Å². The molecular weight excluding hydrogens is 464 g/mol. The zero-order chi connectivity index (χ0) is 20.9. The average molecular weight is 487 g/mol. The highest BCUT2D eigenvalue weighted by molar-refractivity contribution is 8.93. The number of rotatable bonds is 6. The largest absolute Gasteiger partial charge is 0.463 e. The monoisotopic (exact) mass is 486 g/mol. The SMILES string of the molecule is Br.CC(=O)OC[C@H]1O[C@@H](SC(=N)N)[C@@H](O)[C@@H](OC(C)=O)[C@@]1(OC(C)=O)C(C)=O. The number of halogens is 1. The predicted octanol–water partition coefficient (Wildman–Crippen LogP) is -0.338. The lowest BCUT2D eigenvalue weighted by Gasteiger charge is -2.49. The molecule has 0 spiro atoms. The molecule has 1 aliphatic heterocycles. The molecule has 1 fully saturated rings. The van der Waals surface area contributed by atoms with Gasteiger partial charge in [0.05, 0.1) is 0 Å². The van der Waals surface area contributed by atoms with E-state index in [0.29, 0.717) is 11.8 Å². The van der Waals surface area contributed by atoms with E-state index in [1.165, 1.54) is 0 Å². The van der Waals surface area contributed by atoms with Crippen LogP contribution in [-0.4, -0.2) is 69.9 Å². The van der Waals surface area contributed by atoms with Crippen molar-refractivity contribution in [1.82, 2.24) is 0 Å². The molecule has 0 radical (unpaired) electrons. The van der Waals surface area contributed by atoms with Crippen LogP contribution in [0, 0.1) is 5.41 Å². The molecule has 4 N–H and O–H groups in total. The van der Waals surface area contributed by atoms with Crippen LogP contribution in [0.4, 0.5) is 0 Å². The summed E-state index contributed by atoms with van der Waals surface area (Å²) in [5.74, 6) is -3.28. The van der Waals surface area contributed by atoms with Gasteiger partial charge in [0.15, 0.2) is 17.1 Å². The van der Waals surface area contributed by atoms with Crippen LogP contribution in [0.3, 0.4) is 0 Å². The molecule has 0 aromatic rings. The average Bonchev–Trinajstić information content (AvgIpc) is 2.50. The van der Waals surface area contributed by atoms with Gasteiger partial charge in [0.1, 0.15) is 24.3 Å². The normalized spacial score (nSPS) is 29.0. The van der Waals surface area contributed by atoms with E-state index in [4.69, 9.17) is 30.1 Å². The topological polar surface area (TPSA) is 175 Å². The number of aliphatic hydroxyl groups is 1. The van der Waals surface area contributed by atoms with Crippen molar-refractivity contribution >= 4 is 57.6 Å². The minimum Gasteiger partial charge on any atom is -0.463 e. The Balaban J connectivity index is 0.00000729. The van der Waals surface area contributed by atoms with Gasteiger partial charge in [0.2, 0.25) is 5.60 Å². The van der Waals surface area contributed by atoms with Crippen LogP contribution in [0.2, 0.25) is 0 Å². The van der Waals surface area contributed by atoms with Crippen LogP contribution in [0.15, 0.2) is 0 Å². The summed E-state index contributed by atoms with van der Waals surface area (Å²) in [6.07, 6.45) is -4.78. The number of ether oxygens (including phenoxy) is 4. The van der Waals surface area contributed by atoms with Crippen molar-refractivity contribution in [2.45, 2.75) is 57.0 Å². The summed E-state index contributed by atoms with van der Waals surface area (Å²) in [7, 11) is 0. The third kappa shape index (κ3) is 6.15. The highest BCUT2D eigenvalue weighted by Gasteiger charge is 2.64. The molecule has 1 aliphatic rings. The molecule has 160 valence electrons. The second-order valence-corrected chi connectivity index (χ2v) is 6.88. The molecule has 13 heteroatoms. The number of carbonyl (C=O) groups is 4. The van der Waals surface area contributed by atoms with E-state index in [1.807, 2.05) is 0 Å². The smallest absolute Gasteiger partial charge is 0.303 e. The molecule has 1 heterocycles. The number of ketones is 1. The third-order valence-corrected chi connectivity index (χ3v) is 4.50. The van der Waals surface area contributed by atoms with Crippen molar-refractivity contribution in [3.05, 3.63) is 0 Å². The van der Waals surface area contributed by atoms with Crippen LogP contribution < -0.4 is 5.73 Å². The molecule has 0 aliphatic carbocycles. The number of amidine groups is 1. The maximum atomic E-state index is 12.5. The molecule has 0 amide bonds. The molecule has 1 rings (SSSR count). The number of carbonyl (C=O) groups excluding carboxylic acids is 4. The first-order valence-corrected chi connectivity index (χ1v) is 8.65. The Kier molecular flexibility index (Phi) is 10.1. The van der Waals surface area contributed by atoms with Crippen molar-refractivity contribution < 1.29 is 43.2 Å². The van der Waals surface area contributed by atoms with Crippen LogP contribution in [0.1, 0.15) is 27.7 Å². The van der Waals surface area contributed by atoms with Gasteiger partial charge in [0.25, 0.3) is 0 Å². The Bertz CT molecular complexity index is 647. The lowest BCUT2D eigenvalue weighted by atomic mass is 9.81. The predicted molar refractivity (Wildman–Crippen MR) is 102 cm³/mol. The van der Waals surface area contributed by atoms with Crippen LogP contribution in [-0.2, 0) is 38.1 Å². The van der Waals surface area contributed by atoms with E-state index in [9.17, 15) is 24.3 Å². The van der Waals surface area contributed by atoms with Crippen LogP contribution in [0.5, 0.6) is 0 Å². The minimum atomic E-state index is -2.26. The summed E-state index contributed by atoms with van der Waals surface area (Å²) >= 11 is 0.589. The van der Waals surface area contributed by atoms with Gasteiger partial charge >= 0.3 is 17.9 Å². The van der Waals surface area contributed by atoms with Crippen molar-refractivity contribution in [2.24, 2.45) is 5.73 Å². The van der Waals surface area contributed by atoms with Crippen LogP contribution in [0.25, 0.3) is 0 Å². The number of aliphatic hydroxyl groups excluding tert-OH is 1. The molecule has 1 saturated heterocycles. The highest BCUT2D eigenvalue weighted by atomic mass is 79.9. The first-order valence-electron chi connectivity index (χ1n) is 7.77. The van der Waals surface area contributed by atoms with Gasteiger partial charge in [-0.3, -0.25) is 24.6 Å². The molecule has 0 bridgehead atoms. The summed E-state index contributed by atoms with van der Waals surface area (Å²) in [5.41, 5.74) is 1.80. The number of nitrogens with two attached hydrogens (primary N) is 1. The Hall–Kier alpha value is -1.70. The van der Waals surface area contributed by atoms with Gasteiger partial charge in [-0.25, -0.2) is 0 Å². The van der Waals surface area contributed by atoms with Crippen LogP contribution >= 0.6 is 28.7 Å². The Labute approximate surface area is 175 Å². The fraction of sp³-hybridized carbons (Fsp3) is 0.667. The third-order valence-electron chi connectivity index (χ3n) is 3.63. The number of nitrogens with one attached hydrogen (secondary N) is 1. The Morgan fingerprint density at radius 1 is 1.14 bits per heavy atom. The van der Waals surface area contributed by atoms with Gasteiger partial charge < -0.3 is 29.8 Å². The second-order valence-electron chi connectivity index (χ2n) is 5.74. The van der Waals surface area contributed by atoms with E-state index >= 15 is 0 Å². The van der Waals surface area contributed by atoms with E-state index in [0.717, 1.165) is 27.7 Å². The van der Waals surface area contributed by atoms with Crippen molar-refractivity contribution in [3.63, 3.8) is 0 Å². The van der Waals surface area contributed by atoms with E-state index in [-0.39, 0.29) is 17.0 Å². The van der Waals surface area contributed by atoms with E-state index in [2.05, 4.69) is 0 Å². The molecule has 5 atom stereocenters. The van der Waals surface area contributed by atoms with E-state index < -0.39 is 64.8 Å². The van der Waals surface area contributed by atoms with Gasteiger partial charge in [-0.2, -0.15) is 0 Å². The Morgan fingerprint density at radius 3 is 2.11 bits per heavy atom.